The minimum absolute atomic E-state index is 0.0136. The summed E-state index contributed by atoms with van der Waals surface area (Å²) in [7, 11) is -3.77. The first-order valence-corrected chi connectivity index (χ1v) is 14.4. The molecule has 2 fully saturated rings. The molecule has 2 aliphatic heterocycles. The summed E-state index contributed by atoms with van der Waals surface area (Å²) in [5.74, 6) is -0.568. The molecule has 4 N–H and O–H groups in total. The number of amides is 2. The molecule has 0 aliphatic carbocycles. The predicted octanol–water partition coefficient (Wildman–Crippen LogP) is 1.45. The number of piperidine rings is 1. The van der Waals surface area contributed by atoms with Gasteiger partial charge in [0.25, 0.3) is 0 Å². The quantitative estimate of drug-likeness (QED) is 0.371. The van der Waals surface area contributed by atoms with E-state index in [4.69, 9.17) is 33.7 Å². The lowest BCUT2D eigenvalue weighted by Gasteiger charge is -2.34. The number of carbonyl (C=O) groups is 2. The third-order valence-corrected chi connectivity index (χ3v) is 8.99. The van der Waals surface area contributed by atoms with Crippen molar-refractivity contribution in [1.29, 1.82) is 0 Å². The molecule has 36 heavy (non-hydrogen) atoms. The molecule has 2 heterocycles. The van der Waals surface area contributed by atoms with Gasteiger partial charge < -0.3 is 21.1 Å². The molecule has 0 spiro atoms. The largest absolute Gasteiger partial charge is 0.487 e. The molecule has 0 radical (unpaired) electrons. The van der Waals surface area contributed by atoms with Gasteiger partial charge in [-0.15, -0.1) is 0 Å². The van der Waals surface area contributed by atoms with E-state index in [1.165, 1.54) is 16.4 Å². The zero-order valence-electron chi connectivity index (χ0n) is 20.5. The highest BCUT2D eigenvalue weighted by molar-refractivity contribution is 7.89. The minimum Gasteiger partial charge on any atom is -0.487 e. The highest BCUT2D eigenvalue weighted by Crippen LogP contribution is 2.37. The van der Waals surface area contributed by atoms with Gasteiger partial charge in [0, 0.05) is 51.6 Å². The van der Waals surface area contributed by atoms with Gasteiger partial charge in [-0.25, -0.2) is 8.42 Å². The topological polar surface area (TPSA) is 134 Å². The summed E-state index contributed by atoms with van der Waals surface area (Å²) < 4.78 is 33.8. The SMILES string of the molecule is C[C@@H](CCC(=O)NCCN1CCN(S(=O)(=O)c2cc(Cl)c(OC3CCNCC3)c(Cl)c2)CC1)C(N)=O. The molecule has 0 aromatic heterocycles. The van der Waals surface area contributed by atoms with Gasteiger partial charge in [0.05, 0.1) is 14.9 Å². The van der Waals surface area contributed by atoms with Crippen molar-refractivity contribution >= 4 is 45.0 Å². The van der Waals surface area contributed by atoms with Crippen LogP contribution in [0.15, 0.2) is 17.0 Å². The molecule has 2 aliphatic rings. The smallest absolute Gasteiger partial charge is 0.243 e. The Morgan fingerprint density at radius 2 is 1.78 bits per heavy atom. The standard InChI is InChI=1S/C23H35Cl2N5O5S/c1-16(23(26)32)2-3-21(31)28-8-9-29-10-12-30(13-11-29)36(33,34)18-14-19(24)22(20(25)15-18)35-17-4-6-27-7-5-17/h14-17,27H,2-13H2,1H3,(H2,26,32)(H,28,31)/t16-/m0/s1. The number of carbonyl (C=O) groups excluding carboxylic acids is 2. The van der Waals surface area contributed by atoms with Crippen LogP contribution < -0.4 is 21.1 Å². The van der Waals surface area contributed by atoms with E-state index in [0.717, 1.165) is 25.9 Å². The number of nitrogens with two attached hydrogens (primary N) is 1. The van der Waals surface area contributed by atoms with Crippen LogP contribution in [0.1, 0.15) is 32.6 Å². The fourth-order valence-corrected chi connectivity index (χ4v) is 6.33. The molecule has 1 atom stereocenters. The summed E-state index contributed by atoms with van der Waals surface area (Å²) >= 11 is 12.8. The van der Waals surface area contributed by atoms with Crippen molar-refractivity contribution in [3.05, 3.63) is 22.2 Å². The molecular formula is C23H35Cl2N5O5S. The monoisotopic (exact) mass is 563 g/mol. The van der Waals surface area contributed by atoms with Gasteiger partial charge in [0.15, 0.2) is 5.75 Å². The molecule has 0 saturated carbocycles. The van der Waals surface area contributed by atoms with E-state index in [1.54, 1.807) is 6.92 Å². The second-order valence-corrected chi connectivity index (χ2v) is 12.0. The first-order chi connectivity index (χ1) is 17.1. The molecule has 202 valence electrons. The number of hydrogen-bond acceptors (Lipinski definition) is 7. The molecule has 1 aromatic rings. The number of nitrogens with one attached hydrogen (secondary N) is 2. The number of nitrogens with zero attached hydrogens (tertiary/aromatic N) is 2. The van der Waals surface area contributed by atoms with Crippen LogP contribution in [-0.2, 0) is 19.6 Å². The van der Waals surface area contributed by atoms with Crippen LogP contribution in [0.25, 0.3) is 0 Å². The van der Waals surface area contributed by atoms with E-state index < -0.39 is 15.9 Å². The van der Waals surface area contributed by atoms with Crippen molar-refractivity contribution in [2.75, 3.05) is 52.4 Å². The predicted molar refractivity (Wildman–Crippen MR) is 139 cm³/mol. The van der Waals surface area contributed by atoms with Gasteiger partial charge in [-0.1, -0.05) is 30.1 Å². The highest BCUT2D eigenvalue weighted by atomic mass is 35.5. The lowest BCUT2D eigenvalue weighted by molar-refractivity contribution is -0.123. The lowest BCUT2D eigenvalue weighted by Crippen LogP contribution is -2.50. The van der Waals surface area contributed by atoms with E-state index in [-0.39, 0.29) is 39.3 Å². The summed E-state index contributed by atoms with van der Waals surface area (Å²) in [6.07, 6.45) is 2.30. The Morgan fingerprint density at radius 1 is 1.17 bits per heavy atom. The molecule has 0 bridgehead atoms. The first-order valence-electron chi connectivity index (χ1n) is 12.2. The van der Waals surface area contributed by atoms with Crippen molar-refractivity contribution in [2.24, 2.45) is 11.7 Å². The Balaban J connectivity index is 1.48. The maximum atomic E-state index is 13.2. The van der Waals surface area contributed by atoms with E-state index in [2.05, 4.69) is 15.5 Å². The molecule has 2 amide bonds. The normalized spacial score (nSPS) is 19.1. The molecule has 1 aromatic carbocycles. The van der Waals surface area contributed by atoms with E-state index in [0.29, 0.717) is 51.4 Å². The van der Waals surface area contributed by atoms with Crippen LogP contribution in [0, 0.1) is 5.92 Å². The van der Waals surface area contributed by atoms with Crippen LogP contribution in [0.5, 0.6) is 5.75 Å². The van der Waals surface area contributed by atoms with E-state index in [9.17, 15) is 18.0 Å². The summed E-state index contributed by atoms with van der Waals surface area (Å²) in [4.78, 5) is 25.1. The number of primary amides is 1. The van der Waals surface area contributed by atoms with Gasteiger partial charge in [-0.3, -0.25) is 14.5 Å². The Morgan fingerprint density at radius 3 is 2.36 bits per heavy atom. The zero-order valence-corrected chi connectivity index (χ0v) is 22.8. The van der Waals surface area contributed by atoms with Crippen LogP contribution in [0.2, 0.25) is 10.0 Å². The number of piperazine rings is 1. The Bertz CT molecular complexity index is 1000. The van der Waals surface area contributed by atoms with Crippen molar-refractivity contribution in [1.82, 2.24) is 19.8 Å². The summed E-state index contributed by atoms with van der Waals surface area (Å²) in [6, 6.07) is 2.81. The molecule has 13 heteroatoms. The Hall–Kier alpha value is -1.63. The van der Waals surface area contributed by atoms with E-state index in [1.807, 2.05) is 0 Å². The average molecular weight is 565 g/mol. The maximum Gasteiger partial charge on any atom is 0.243 e. The van der Waals surface area contributed by atoms with Crippen LogP contribution >= 0.6 is 23.2 Å². The third kappa shape index (κ3) is 7.93. The summed E-state index contributed by atoms with van der Waals surface area (Å²) in [5, 5.41) is 6.45. The lowest BCUT2D eigenvalue weighted by atomic mass is 10.1. The highest BCUT2D eigenvalue weighted by Gasteiger charge is 2.30. The fourth-order valence-electron chi connectivity index (χ4n) is 4.15. The molecule has 10 nitrogen and oxygen atoms in total. The van der Waals surface area contributed by atoms with Crippen molar-refractivity contribution in [3.8, 4) is 5.75 Å². The third-order valence-electron chi connectivity index (χ3n) is 6.55. The van der Waals surface area contributed by atoms with Gasteiger partial charge in [0.2, 0.25) is 21.8 Å². The van der Waals surface area contributed by atoms with Crippen LogP contribution in [0.4, 0.5) is 0 Å². The van der Waals surface area contributed by atoms with E-state index >= 15 is 0 Å². The second kappa shape index (κ2) is 13.3. The van der Waals surface area contributed by atoms with Crippen LogP contribution in [0.3, 0.4) is 0 Å². The molecule has 2 saturated heterocycles. The Labute approximate surface area is 222 Å². The van der Waals surface area contributed by atoms with Crippen LogP contribution in [-0.4, -0.2) is 87.9 Å². The Kier molecular flexibility index (Phi) is 10.6. The molecule has 3 rings (SSSR count). The zero-order chi connectivity index (χ0) is 26.3. The molecular weight excluding hydrogens is 529 g/mol. The fraction of sp³-hybridized carbons (Fsp3) is 0.652. The number of halogens is 2. The summed E-state index contributed by atoms with van der Waals surface area (Å²) in [6.45, 7) is 6.14. The number of sulfonamides is 1. The molecule has 0 unspecified atom stereocenters. The number of rotatable bonds is 11. The minimum atomic E-state index is -3.77. The van der Waals surface area contributed by atoms with Crippen molar-refractivity contribution in [3.63, 3.8) is 0 Å². The van der Waals surface area contributed by atoms with Gasteiger partial charge in [-0.05, 0) is 44.5 Å². The maximum absolute atomic E-state index is 13.2. The van der Waals surface area contributed by atoms with Crippen molar-refractivity contribution < 1.29 is 22.7 Å². The summed E-state index contributed by atoms with van der Waals surface area (Å²) in [5.41, 5.74) is 5.21. The van der Waals surface area contributed by atoms with Gasteiger partial charge in [0.1, 0.15) is 6.10 Å². The number of benzene rings is 1. The number of ether oxygens (including phenoxy) is 1. The van der Waals surface area contributed by atoms with Gasteiger partial charge in [-0.2, -0.15) is 4.31 Å². The second-order valence-electron chi connectivity index (χ2n) is 9.22. The average Bonchev–Trinajstić information content (AvgIpc) is 2.85. The van der Waals surface area contributed by atoms with Gasteiger partial charge >= 0.3 is 0 Å². The first kappa shape index (κ1) is 28.9. The number of hydrogen-bond donors (Lipinski definition) is 3. The van der Waals surface area contributed by atoms with Crippen molar-refractivity contribution in [2.45, 2.75) is 43.6 Å².